The van der Waals surface area contributed by atoms with Crippen molar-refractivity contribution >= 4 is 21.5 Å². The quantitative estimate of drug-likeness (QED) is 0.817. The molecule has 0 amide bonds. The Morgan fingerprint density at radius 1 is 1.36 bits per heavy atom. The van der Waals surface area contributed by atoms with Crippen LogP contribution in [-0.4, -0.2) is 63.9 Å². The van der Waals surface area contributed by atoms with Crippen LogP contribution in [0, 0.1) is 5.82 Å². The predicted molar refractivity (Wildman–Crippen MR) is 89.4 cm³/mol. The second-order valence-electron chi connectivity index (χ2n) is 6.80. The Morgan fingerprint density at radius 3 is 2.76 bits per heavy atom. The number of nitrogens with zero attached hydrogens (tertiary/aromatic N) is 4. The number of aliphatic hydroxyl groups excluding tert-OH is 1. The van der Waals surface area contributed by atoms with Gasteiger partial charge in [-0.3, -0.25) is 0 Å². The van der Waals surface area contributed by atoms with Crippen molar-refractivity contribution in [3.8, 4) is 0 Å². The first kappa shape index (κ1) is 16.7. The van der Waals surface area contributed by atoms with E-state index in [0.717, 1.165) is 24.8 Å². The fourth-order valence-electron chi connectivity index (χ4n) is 3.25. The van der Waals surface area contributed by atoms with E-state index in [2.05, 4.69) is 15.4 Å². The number of sulfonamides is 1. The molecule has 0 spiro atoms. The van der Waals surface area contributed by atoms with Crippen LogP contribution >= 0.6 is 0 Å². The molecule has 1 aliphatic carbocycles. The molecule has 2 N–H and O–H groups in total. The zero-order valence-corrected chi connectivity index (χ0v) is 14.6. The fraction of sp³-hybridized carbons (Fsp3) is 0.600. The maximum atomic E-state index is 14.0. The van der Waals surface area contributed by atoms with E-state index in [1.807, 2.05) is 0 Å². The maximum absolute atomic E-state index is 14.0. The van der Waals surface area contributed by atoms with Crippen molar-refractivity contribution in [2.45, 2.75) is 37.3 Å². The van der Waals surface area contributed by atoms with Crippen LogP contribution in [0.2, 0.25) is 0 Å². The molecule has 1 aliphatic heterocycles. The molecule has 0 aromatic carbocycles. The van der Waals surface area contributed by atoms with Gasteiger partial charge in [-0.2, -0.15) is 4.31 Å². The summed E-state index contributed by atoms with van der Waals surface area (Å²) in [5, 5.41) is 17.7. The summed E-state index contributed by atoms with van der Waals surface area (Å²) in [5.41, 5.74) is 1.17. The Hall–Kier alpha value is -1.78. The van der Waals surface area contributed by atoms with Crippen molar-refractivity contribution in [3.05, 3.63) is 23.8 Å². The summed E-state index contributed by atoms with van der Waals surface area (Å²) < 4.78 is 40.0. The molecule has 0 bridgehead atoms. The molecule has 25 heavy (non-hydrogen) atoms. The number of hydrogen-bond acceptors (Lipinski definition) is 6. The lowest BCUT2D eigenvalue weighted by molar-refractivity contribution is 0.0950. The molecule has 8 nitrogen and oxygen atoms in total. The van der Waals surface area contributed by atoms with Gasteiger partial charge in [0.25, 0.3) is 0 Å². The highest BCUT2D eigenvalue weighted by Gasteiger charge is 2.33. The first-order valence-corrected chi connectivity index (χ1v) is 10.1. The second-order valence-corrected chi connectivity index (χ2v) is 8.78. The van der Waals surface area contributed by atoms with Crippen LogP contribution < -0.4 is 5.32 Å². The third kappa shape index (κ3) is 3.21. The minimum Gasteiger partial charge on any atom is -0.390 e. The van der Waals surface area contributed by atoms with Crippen molar-refractivity contribution in [2.75, 3.05) is 24.7 Å². The standard InChI is InChI=1S/C15H20FN5O3S/c1-25(23,24)20-5-4-11(14(22)8-20)18-15-17-7-13-10(16)6-12(9-2-3-9)21(13)19-15/h6-7,9,11,14,22H,2-5,8H2,1H3,(H,18,19)/t11-,14-/m1/s1. The number of hydrogen-bond donors (Lipinski definition) is 2. The third-order valence-electron chi connectivity index (χ3n) is 4.82. The molecule has 0 radical (unpaired) electrons. The first-order chi connectivity index (χ1) is 11.8. The van der Waals surface area contributed by atoms with Crippen LogP contribution in [0.5, 0.6) is 0 Å². The molecule has 2 aromatic heterocycles. The second kappa shape index (κ2) is 5.89. The lowest BCUT2D eigenvalue weighted by atomic mass is 10.0. The van der Waals surface area contributed by atoms with Gasteiger partial charge in [0.15, 0.2) is 5.82 Å². The molecular formula is C15H20FN5O3S. The molecule has 1 saturated carbocycles. The van der Waals surface area contributed by atoms with Crippen LogP contribution in [-0.2, 0) is 10.0 Å². The number of fused-ring (bicyclic) bond motifs is 1. The summed E-state index contributed by atoms with van der Waals surface area (Å²) in [5.74, 6) is 0.292. The summed E-state index contributed by atoms with van der Waals surface area (Å²) in [6, 6.07) is 1.14. The van der Waals surface area contributed by atoms with Gasteiger partial charge in [-0.25, -0.2) is 22.3 Å². The van der Waals surface area contributed by atoms with E-state index in [1.165, 1.54) is 16.6 Å². The number of β-amino-alcohol motifs (C(OH)–C–C–N with tert-alkyl or cyclic N) is 1. The highest BCUT2D eigenvalue weighted by atomic mass is 32.2. The van der Waals surface area contributed by atoms with Gasteiger partial charge in [-0.15, -0.1) is 5.10 Å². The number of anilines is 1. The van der Waals surface area contributed by atoms with E-state index in [1.54, 1.807) is 4.52 Å². The fourth-order valence-corrected chi connectivity index (χ4v) is 4.11. The number of halogens is 1. The van der Waals surface area contributed by atoms with E-state index < -0.39 is 16.1 Å². The number of nitrogens with one attached hydrogen (secondary N) is 1. The lowest BCUT2D eigenvalue weighted by Gasteiger charge is -2.34. The summed E-state index contributed by atoms with van der Waals surface area (Å²) in [6.07, 6.45) is 4.18. The molecular weight excluding hydrogens is 349 g/mol. The van der Waals surface area contributed by atoms with Crippen molar-refractivity contribution in [1.82, 2.24) is 18.9 Å². The summed E-state index contributed by atoms with van der Waals surface area (Å²) >= 11 is 0. The molecule has 2 aromatic rings. The van der Waals surface area contributed by atoms with Gasteiger partial charge < -0.3 is 10.4 Å². The smallest absolute Gasteiger partial charge is 0.241 e. The molecule has 2 atom stereocenters. The SMILES string of the molecule is CS(=O)(=O)N1CC[C@@H](Nc2ncc3c(F)cc(C4CC4)n3n2)[C@H](O)C1. The van der Waals surface area contributed by atoms with Crippen molar-refractivity contribution in [3.63, 3.8) is 0 Å². The minimum atomic E-state index is -3.32. The average Bonchev–Trinajstić information content (AvgIpc) is 3.33. The molecule has 136 valence electrons. The zero-order valence-electron chi connectivity index (χ0n) is 13.8. The summed E-state index contributed by atoms with van der Waals surface area (Å²) in [4.78, 5) is 4.13. The van der Waals surface area contributed by atoms with Gasteiger partial charge in [-0.05, 0) is 25.3 Å². The number of piperidine rings is 1. The molecule has 10 heteroatoms. The Balaban J connectivity index is 1.54. The molecule has 1 saturated heterocycles. The molecule has 2 fully saturated rings. The van der Waals surface area contributed by atoms with Crippen LogP contribution in [0.25, 0.3) is 5.52 Å². The van der Waals surface area contributed by atoms with Crippen LogP contribution in [0.15, 0.2) is 12.3 Å². The monoisotopic (exact) mass is 369 g/mol. The van der Waals surface area contributed by atoms with Gasteiger partial charge in [-0.1, -0.05) is 0 Å². The Labute approximate surface area is 144 Å². The topological polar surface area (TPSA) is 99.8 Å². The van der Waals surface area contributed by atoms with E-state index in [0.29, 0.717) is 30.3 Å². The largest absolute Gasteiger partial charge is 0.390 e. The zero-order chi connectivity index (χ0) is 17.8. The highest BCUT2D eigenvalue weighted by molar-refractivity contribution is 7.88. The number of aliphatic hydroxyl groups is 1. The predicted octanol–water partition coefficient (Wildman–Crippen LogP) is 0.552. The lowest BCUT2D eigenvalue weighted by Crippen LogP contribution is -2.51. The first-order valence-electron chi connectivity index (χ1n) is 8.27. The van der Waals surface area contributed by atoms with E-state index >= 15 is 0 Å². The van der Waals surface area contributed by atoms with Crippen molar-refractivity contribution < 1.29 is 17.9 Å². The van der Waals surface area contributed by atoms with Gasteiger partial charge >= 0.3 is 0 Å². The van der Waals surface area contributed by atoms with Crippen LogP contribution in [0.3, 0.4) is 0 Å². The van der Waals surface area contributed by atoms with Crippen LogP contribution in [0.1, 0.15) is 30.9 Å². The molecule has 4 rings (SSSR count). The van der Waals surface area contributed by atoms with E-state index in [-0.39, 0.29) is 18.4 Å². The molecule has 0 unspecified atom stereocenters. The Morgan fingerprint density at radius 2 is 2.12 bits per heavy atom. The van der Waals surface area contributed by atoms with E-state index in [9.17, 15) is 17.9 Å². The van der Waals surface area contributed by atoms with Crippen molar-refractivity contribution in [1.29, 1.82) is 0 Å². The van der Waals surface area contributed by atoms with Crippen molar-refractivity contribution in [2.24, 2.45) is 0 Å². The molecule has 3 heterocycles. The Kier molecular flexibility index (Phi) is 3.93. The summed E-state index contributed by atoms with van der Waals surface area (Å²) in [6.45, 7) is 0.353. The van der Waals surface area contributed by atoms with E-state index in [4.69, 9.17) is 0 Å². The number of aromatic nitrogens is 3. The van der Waals surface area contributed by atoms with Gasteiger partial charge in [0.2, 0.25) is 16.0 Å². The minimum absolute atomic E-state index is 0.0320. The van der Waals surface area contributed by atoms with Gasteiger partial charge in [0.1, 0.15) is 5.52 Å². The highest BCUT2D eigenvalue weighted by Crippen LogP contribution is 2.41. The number of rotatable bonds is 4. The third-order valence-corrected chi connectivity index (χ3v) is 6.09. The summed E-state index contributed by atoms with van der Waals surface area (Å²) in [7, 11) is -3.32. The average molecular weight is 369 g/mol. The van der Waals surface area contributed by atoms with Crippen LogP contribution in [0.4, 0.5) is 10.3 Å². The Bertz CT molecular complexity index is 911. The molecule has 2 aliphatic rings. The normalized spacial score (nSPS) is 25.4. The maximum Gasteiger partial charge on any atom is 0.241 e. The van der Waals surface area contributed by atoms with Gasteiger partial charge in [0.05, 0.1) is 24.6 Å². The van der Waals surface area contributed by atoms with Gasteiger partial charge in [0, 0.05) is 24.7 Å².